The molecule has 2 amide bonds. The third-order valence-electron chi connectivity index (χ3n) is 3.58. The lowest BCUT2D eigenvalue weighted by Gasteiger charge is -2.21. The van der Waals surface area contributed by atoms with Gasteiger partial charge in [0.2, 0.25) is 11.8 Å². The molecule has 0 spiro atoms. The second-order valence-corrected chi connectivity index (χ2v) is 5.40. The molecule has 102 valence electrons. The average Bonchev–Trinajstić information content (AvgIpc) is 3.00. The minimum atomic E-state index is -0.404. The van der Waals surface area contributed by atoms with E-state index in [2.05, 4.69) is 10.6 Å². The third kappa shape index (κ3) is 3.98. The van der Waals surface area contributed by atoms with Crippen LogP contribution in [0.3, 0.4) is 0 Å². The summed E-state index contributed by atoms with van der Waals surface area (Å²) in [5.74, 6) is 0.722. The lowest BCUT2D eigenvalue weighted by molar-refractivity contribution is -0.134. The van der Waals surface area contributed by atoms with E-state index in [4.69, 9.17) is 0 Å². The molecule has 1 unspecified atom stereocenters. The first kappa shape index (κ1) is 13.3. The monoisotopic (exact) mass is 253 g/mol. The molecule has 1 aliphatic carbocycles. The first-order chi connectivity index (χ1) is 8.66. The topological polar surface area (TPSA) is 61.4 Å². The van der Waals surface area contributed by atoms with Gasteiger partial charge in [0.25, 0.3) is 0 Å². The molecule has 18 heavy (non-hydrogen) atoms. The van der Waals surface area contributed by atoms with E-state index in [-0.39, 0.29) is 11.8 Å². The number of rotatable bonds is 6. The third-order valence-corrected chi connectivity index (χ3v) is 3.58. The zero-order chi connectivity index (χ0) is 13.0. The number of hydrogen-bond donors (Lipinski definition) is 2. The SMILES string of the molecule is CC(NC(=O)CNCC1CC1)C(=O)N1CCCC1. The van der Waals surface area contributed by atoms with Crippen LogP contribution in [0.4, 0.5) is 0 Å². The Labute approximate surface area is 108 Å². The molecule has 0 bridgehead atoms. The highest BCUT2D eigenvalue weighted by atomic mass is 16.2. The highest BCUT2D eigenvalue weighted by Crippen LogP contribution is 2.27. The lowest BCUT2D eigenvalue weighted by Crippen LogP contribution is -2.48. The van der Waals surface area contributed by atoms with Crippen LogP contribution in [-0.2, 0) is 9.59 Å². The Balaban J connectivity index is 1.63. The Bertz CT molecular complexity index is 309. The van der Waals surface area contributed by atoms with Crippen molar-refractivity contribution < 1.29 is 9.59 Å². The number of likely N-dealkylation sites (tertiary alicyclic amines) is 1. The van der Waals surface area contributed by atoms with Crippen molar-refractivity contribution in [3.63, 3.8) is 0 Å². The number of hydrogen-bond acceptors (Lipinski definition) is 3. The van der Waals surface area contributed by atoms with Crippen molar-refractivity contribution in [3.05, 3.63) is 0 Å². The number of carbonyl (C=O) groups excluding carboxylic acids is 2. The Kier molecular flexibility index (Phi) is 4.58. The van der Waals surface area contributed by atoms with Gasteiger partial charge in [0.15, 0.2) is 0 Å². The maximum Gasteiger partial charge on any atom is 0.244 e. The van der Waals surface area contributed by atoms with Crippen molar-refractivity contribution >= 4 is 11.8 Å². The van der Waals surface area contributed by atoms with E-state index in [1.165, 1.54) is 12.8 Å². The molecule has 2 rings (SSSR count). The Hall–Kier alpha value is -1.10. The molecule has 1 saturated carbocycles. The number of carbonyl (C=O) groups is 2. The zero-order valence-corrected chi connectivity index (χ0v) is 11.1. The van der Waals surface area contributed by atoms with Gasteiger partial charge in [0, 0.05) is 13.1 Å². The molecule has 2 N–H and O–H groups in total. The molecule has 0 radical (unpaired) electrons. The van der Waals surface area contributed by atoms with E-state index in [1.807, 2.05) is 4.90 Å². The minimum absolute atomic E-state index is 0.0445. The minimum Gasteiger partial charge on any atom is -0.343 e. The fourth-order valence-corrected chi connectivity index (χ4v) is 2.28. The Morgan fingerprint density at radius 1 is 1.28 bits per heavy atom. The van der Waals surface area contributed by atoms with E-state index >= 15 is 0 Å². The molecule has 0 aromatic rings. The van der Waals surface area contributed by atoms with E-state index in [0.29, 0.717) is 6.54 Å². The van der Waals surface area contributed by atoms with Gasteiger partial charge in [-0.15, -0.1) is 0 Å². The molecular formula is C13H23N3O2. The summed E-state index contributed by atoms with van der Waals surface area (Å²) < 4.78 is 0. The van der Waals surface area contributed by atoms with Crippen LogP contribution in [0.2, 0.25) is 0 Å². The van der Waals surface area contributed by atoms with Gasteiger partial charge in [-0.05, 0) is 45.1 Å². The summed E-state index contributed by atoms with van der Waals surface area (Å²) in [7, 11) is 0. The summed E-state index contributed by atoms with van der Waals surface area (Å²) >= 11 is 0. The second kappa shape index (κ2) is 6.18. The summed E-state index contributed by atoms with van der Waals surface area (Å²) in [4.78, 5) is 25.4. The van der Waals surface area contributed by atoms with Crippen molar-refractivity contribution in [2.75, 3.05) is 26.2 Å². The van der Waals surface area contributed by atoms with Crippen LogP contribution in [0.15, 0.2) is 0 Å². The average molecular weight is 253 g/mol. The van der Waals surface area contributed by atoms with Crippen LogP contribution in [0.25, 0.3) is 0 Å². The molecule has 0 aromatic heterocycles. The van der Waals surface area contributed by atoms with Gasteiger partial charge in [-0.3, -0.25) is 9.59 Å². The number of amides is 2. The standard InChI is InChI=1S/C13H23N3O2/c1-10(13(18)16-6-2-3-7-16)15-12(17)9-14-8-11-4-5-11/h10-11,14H,2-9H2,1H3,(H,15,17). The molecule has 0 aromatic carbocycles. The molecule has 1 saturated heterocycles. The van der Waals surface area contributed by atoms with Crippen molar-refractivity contribution in [3.8, 4) is 0 Å². The summed E-state index contributed by atoms with van der Waals surface area (Å²) in [6, 6.07) is -0.404. The first-order valence-electron chi connectivity index (χ1n) is 6.95. The predicted molar refractivity (Wildman–Crippen MR) is 69.0 cm³/mol. The summed E-state index contributed by atoms with van der Waals surface area (Å²) in [5.41, 5.74) is 0. The van der Waals surface area contributed by atoms with E-state index < -0.39 is 6.04 Å². The van der Waals surface area contributed by atoms with Crippen LogP contribution in [-0.4, -0.2) is 48.9 Å². The largest absolute Gasteiger partial charge is 0.343 e. The van der Waals surface area contributed by atoms with Gasteiger partial charge < -0.3 is 15.5 Å². The molecule has 1 heterocycles. The highest BCUT2D eigenvalue weighted by Gasteiger charge is 2.24. The fraction of sp³-hybridized carbons (Fsp3) is 0.846. The predicted octanol–water partition coefficient (Wildman–Crippen LogP) is 0.113. The van der Waals surface area contributed by atoms with E-state index in [9.17, 15) is 9.59 Å². The van der Waals surface area contributed by atoms with Crippen molar-refractivity contribution in [1.82, 2.24) is 15.5 Å². The van der Waals surface area contributed by atoms with E-state index in [1.54, 1.807) is 6.92 Å². The van der Waals surface area contributed by atoms with Crippen LogP contribution < -0.4 is 10.6 Å². The van der Waals surface area contributed by atoms with Crippen LogP contribution >= 0.6 is 0 Å². The van der Waals surface area contributed by atoms with Crippen LogP contribution in [0.5, 0.6) is 0 Å². The van der Waals surface area contributed by atoms with Gasteiger partial charge in [-0.1, -0.05) is 0 Å². The second-order valence-electron chi connectivity index (χ2n) is 5.40. The van der Waals surface area contributed by atoms with Crippen LogP contribution in [0, 0.1) is 5.92 Å². The normalized spacial score (nSPS) is 20.8. The van der Waals surface area contributed by atoms with Crippen molar-refractivity contribution in [1.29, 1.82) is 0 Å². The number of nitrogens with zero attached hydrogens (tertiary/aromatic N) is 1. The van der Waals surface area contributed by atoms with Gasteiger partial charge in [-0.2, -0.15) is 0 Å². The summed E-state index contributed by atoms with van der Waals surface area (Å²) in [6.07, 6.45) is 4.71. The Morgan fingerprint density at radius 3 is 2.56 bits per heavy atom. The molecule has 5 heteroatoms. The Morgan fingerprint density at radius 2 is 1.94 bits per heavy atom. The lowest BCUT2D eigenvalue weighted by atomic mass is 10.3. The molecule has 2 fully saturated rings. The fourth-order valence-electron chi connectivity index (χ4n) is 2.28. The first-order valence-corrected chi connectivity index (χ1v) is 6.95. The maximum atomic E-state index is 12.0. The number of nitrogens with one attached hydrogen (secondary N) is 2. The summed E-state index contributed by atoms with van der Waals surface area (Å²) in [6.45, 7) is 4.66. The van der Waals surface area contributed by atoms with Crippen molar-refractivity contribution in [2.45, 2.75) is 38.6 Å². The van der Waals surface area contributed by atoms with E-state index in [0.717, 1.165) is 38.4 Å². The van der Waals surface area contributed by atoms with Crippen LogP contribution in [0.1, 0.15) is 32.6 Å². The molecule has 1 atom stereocenters. The molecule has 1 aliphatic heterocycles. The quantitative estimate of drug-likeness (QED) is 0.706. The molecule has 5 nitrogen and oxygen atoms in total. The maximum absolute atomic E-state index is 12.0. The molecular weight excluding hydrogens is 230 g/mol. The smallest absolute Gasteiger partial charge is 0.244 e. The zero-order valence-electron chi connectivity index (χ0n) is 11.1. The van der Waals surface area contributed by atoms with Crippen molar-refractivity contribution in [2.24, 2.45) is 5.92 Å². The molecule has 2 aliphatic rings. The van der Waals surface area contributed by atoms with Gasteiger partial charge in [0.1, 0.15) is 6.04 Å². The highest BCUT2D eigenvalue weighted by molar-refractivity contribution is 5.88. The van der Waals surface area contributed by atoms with Gasteiger partial charge >= 0.3 is 0 Å². The van der Waals surface area contributed by atoms with Gasteiger partial charge in [-0.25, -0.2) is 0 Å². The van der Waals surface area contributed by atoms with Gasteiger partial charge in [0.05, 0.1) is 6.54 Å². The summed E-state index contributed by atoms with van der Waals surface area (Å²) in [5, 5.41) is 5.88.